The molecule has 0 unspecified atom stereocenters. The van der Waals surface area contributed by atoms with E-state index in [0.29, 0.717) is 0 Å². The molecule has 1 aliphatic carbocycles. The minimum absolute atomic E-state index is 0.129. The number of hydrogen-bond acceptors (Lipinski definition) is 2. The summed E-state index contributed by atoms with van der Waals surface area (Å²) in [6.07, 6.45) is 3.37. The molecule has 0 heterocycles. The van der Waals surface area contributed by atoms with Crippen molar-refractivity contribution in [3.05, 3.63) is 29.3 Å². The zero-order valence-corrected chi connectivity index (χ0v) is 8.01. The number of para-hydroxylation sites is 1. The maximum absolute atomic E-state index is 6.21. The first-order chi connectivity index (χ1) is 6.13. The van der Waals surface area contributed by atoms with Crippen LogP contribution in [0.5, 0.6) is 0 Å². The summed E-state index contributed by atoms with van der Waals surface area (Å²) in [6, 6.07) is 6.12. The zero-order chi connectivity index (χ0) is 9.47. The molecule has 0 atom stereocenters. The van der Waals surface area contributed by atoms with Crippen LogP contribution in [-0.4, -0.2) is 0 Å². The quantitative estimate of drug-likeness (QED) is 0.642. The number of nitrogen functional groups attached to an aromatic ring is 1. The summed E-state index contributed by atoms with van der Waals surface area (Å²) in [5.41, 5.74) is 15.2. The third-order valence-corrected chi connectivity index (χ3v) is 3.11. The van der Waals surface area contributed by atoms with Gasteiger partial charge < -0.3 is 11.5 Å². The second kappa shape index (κ2) is 2.74. The topological polar surface area (TPSA) is 52.0 Å². The normalized spacial score (nSPS) is 19.5. The lowest BCUT2D eigenvalue weighted by molar-refractivity contribution is 0.254. The van der Waals surface area contributed by atoms with E-state index in [1.54, 1.807) is 0 Å². The van der Waals surface area contributed by atoms with Gasteiger partial charge in [-0.05, 0) is 37.3 Å². The van der Waals surface area contributed by atoms with Gasteiger partial charge in [-0.3, -0.25) is 0 Å². The van der Waals surface area contributed by atoms with Gasteiger partial charge in [0.1, 0.15) is 0 Å². The highest BCUT2D eigenvalue weighted by atomic mass is 14.8. The summed E-state index contributed by atoms with van der Waals surface area (Å²) >= 11 is 0. The molecule has 1 saturated carbocycles. The van der Waals surface area contributed by atoms with Crippen LogP contribution in [0.25, 0.3) is 0 Å². The molecule has 1 fully saturated rings. The number of anilines is 1. The largest absolute Gasteiger partial charge is 0.398 e. The van der Waals surface area contributed by atoms with Crippen molar-refractivity contribution < 1.29 is 0 Å². The van der Waals surface area contributed by atoms with Crippen LogP contribution in [0.4, 0.5) is 5.69 Å². The summed E-state index contributed by atoms with van der Waals surface area (Å²) in [5.74, 6) is 0. The van der Waals surface area contributed by atoms with Crippen molar-refractivity contribution in [2.24, 2.45) is 5.73 Å². The number of benzene rings is 1. The number of hydrogen-bond donors (Lipinski definition) is 2. The highest BCUT2D eigenvalue weighted by Crippen LogP contribution is 2.41. The zero-order valence-electron chi connectivity index (χ0n) is 8.01. The number of rotatable bonds is 1. The molecule has 0 bridgehead atoms. The molecule has 70 valence electrons. The molecule has 2 rings (SSSR count). The van der Waals surface area contributed by atoms with Crippen LogP contribution < -0.4 is 11.5 Å². The van der Waals surface area contributed by atoms with Crippen molar-refractivity contribution in [3.63, 3.8) is 0 Å². The Morgan fingerprint density at radius 2 is 2.00 bits per heavy atom. The van der Waals surface area contributed by atoms with E-state index in [2.05, 4.69) is 6.07 Å². The molecule has 1 aliphatic rings. The fourth-order valence-corrected chi connectivity index (χ4v) is 1.94. The lowest BCUT2D eigenvalue weighted by Crippen LogP contribution is -2.43. The average molecular weight is 176 g/mol. The van der Waals surface area contributed by atoms with Crippen LogP contribution in [0.2, 0.25) is 0 Å². The number of aryl methyl sites for hydroxylation is 1. The first-order valence-corrected chi connectivity index (χ1v) is 4.78. The van der Waals surface area contributed by atoms with Gasteiger partial charge in [0.2, 0.25) is 0 Å². The van der Waals surface area contributed by atoms with E-state index in [1.165, 1.54) is 6.42 Å². The standard InChI is InChI=1S/C11H16N2/c1-8-4-2-5-9(10(8)12)11(13)6-3-7-11/h2,4-5H,3,6-7,12-13H2,1H3. The first-order valence-electron chi connectivity index (χ1n) is 4.78. The molecular formula is C11H16N2. The van der Waals surface area contributed by atoms with E-state index >= 15 is 0 Å². The van der Waals surface area contributed by atoms with Gasteiger partial charge in [-0.1, -0.05) is 18.2 Å². The Kier molecular flexibility index (Phi) is 1.81. The molecule has 2 nitrogen and oxygen atoms in total. The second-order valence-corrected chi connectivity index (χ2v) is 4.05. The Morgan fingerprint density at radius 3 is 2.54 bits per heavy atom. The Hall–Kier alpha value is -1.02. The van der Waals surface area contributed by atoms with E-state index in [1.807, 2.05) is 19.1 Å². The van der Waals surface area contributed by atoms with Crippen LogP contribution >= 0.6 is 0 Å². The molecule has 1 aromatic carbocycles. The van der Waals surface area contributed by atoms with Crippen LogP contribution in [0.1, 0.15) is 30.4 Å². The van der Waals surface area contributed by atoms with Crippen molar-refractivity contribution in [1.82, 2.24) is 0 Å². The van der Waals surface area contributed by atoms with Gasteiger partial charge in [0, 0.05) is 11.2 Å². The van der Waals surface area contributed by atoms with Gasteiger partial charge in [0.15, 0.2) is 0 Å². The average Bonchev–Trinajstić information content (AvgIpc) is 2.06. The lowest BCUT2D eigenvalue weighted by Gasteiger charge is -2.39. The van der Waals surface area contributed by atoms with Crippen LogP contribution in [0.15, 0.2) is 18.2 Å². The molecule has 0 saturated heterocycles. The third-order valence-electron chi connectivity index (χ3n) is 3.11. The summed E-state index contributed by atoms with van der Waals surface area (Å²) in [6.45, 7) is 2.03. The van der Waals surface area contributed by atoms with E-state index in [4.69, 9.17) is 11.5 Å². The Morgan fingerprint density at radius 1 is 1.31 bits per heavy atom. The molecule has 4 N–H and O–H groups in total. The molecule has 2 heteroatoms. The van der Waals surface area contributed by atoms with E-state index in [9.17, 15) is 0 Å². The van der Waals surface area contributed by atoms with E-state index in [0.717, 1.165) is 29.7 Å². The van der Waals surface area contributed by atoms with Crippen molar-refractivity contribution in [3.8, 4) is 0 Å². The van der Waals surface area contributed by atoms with E-state index < -0.39 is 0 Å². The Balaban J connectivity index is 2.45. The predicted molar refractivity (Wildman–Crippen MR) is 55.3 cm³/mol. The molecular weight excluding hydrogens is 160 g/mol. The molecule has 0 aliphatic heterocycles. The van der Waals surface area contributed by atoms with Crippen LogP contribution in [0.3, 0.4) is 0 Å². The summed E-state index contributed by atoms with van der Waals surface area (Å²) in [7, 11) is 0. The highest BCUT2D eigenvalue weighted by molar-refractivity contribution is 5.56. The van der Waals surface area contributed by atoms with Crippen molar-refractivity contribution >= 4 is 5.69 Å². The van der Waals surface area contributed by atoms with Gasteiger partial charge in [0.05, 0.1) is 0 Å². The van der Waals surface area contributed by atoms with Gasteiger partial charge in [0.25, 0.3) is 0 Å². The molecule has 0 aromatic heterocycles. The van der Waals surface area contributed by atoms with Crippen molar-refractivity contribution in [2.45, 2.75) is 31.7 Å². The first kappa shape index (κ1) is 8.57. The maximum Gasteiger partial charge on any atom is 0.0430 e. The van der Waals surface area contributed by atoms with Crippen LogP contribution in [-0.2, 0) is 5.54 Å². The van der Waals surface area contributed by atoms with Crippen molar-refractivity contribution in [1.29, 1.82) is 0 Å². The molecule has 0 amide bonds. The maximum atomic E-state index is 6.21. The predicted octanol–water partition coefficient (Wildman–Crippen LogP) is 1.92. The third kappa shape index (κ3) is 1.22. The SMILES string of the molecule is Cc1cccc(C2(N)CCC2)c1N. The fourth-order valence-electron chi connectivity index (χ4n) is 1.94. The van der Waals surface area contributed by atoms with Gasteiger partial charge in [-0.25, -0.2) is 0 Å². The number of nitrogens with two attached hydrogens (primary N) is 2. The fraction of sp³-hybridized carbons (Fsp3) is 0.455. The summed E-state index contributed by atoms with van der Waals surface area (Å²) in [4.78, 5) is 0. The molecule has 0 spiro atoms. The van der Waals surface area contributed by atoms with Gasteiger partial charge >= 0.3 is 0 Å². The molecule has 13 heavy (non-hydrogen) atoms. The highest BCUT2D eigenvalue weighted by Gasteiger charge is 2.35. The lowest BCUT2D eigenvalue weighted by atomic mass is 9.72. The Labute approximate surface area is 78.9 Å². The molecule has 1 aromatic rings. The smallest absolute Gasteiger partial charge is 0.0430 e. The van der Waals surface area contributed by atoms with Gasteiger partial charge in [-0.15, -0.1) is 0 Å². The van der Waals surface area contributed by atoms with E-state index in [-0.39, 0.29) is 5.54 Å². The summed E-state index contributed by atoms with van der Waals surface area (Å²) < 4.78 is 0. The van der Waals surface area contributed by atoms with Gasteiger partial charge in [-0.2, -0.15) is 0 Å². The molecule has 0 radical (unpaired) electrons. The minimum atomic E-state index is -0.129. The Bertz CT molecular complexity index is 327. The van der Waals surface area contributed by atoms with Crippen LogP contribution in [0, 0.1) is 6.92 Å². The second-order valence-electron chi connectivity index (χ2n) is 4.05. The van der Waals surface area contributed by atoms with Crippen molar-refractivity contribution in [2.75, 3.05) is 5.73 Å². The summed E-state index contributed by atoms with van der Waals surface area (Å²) in [5, 5.41) is 0. The minimum Gasteiger partial charge on any atom is -0.398 e. The monoisotopic (exact) mass is 176 g/mol.